The van der Waals surface area contributed by atoms with Crippen molar-refractivity contribution in [3.63, 3.8) is 0 Å². The molecule has 3 N–H and O–H groups in total. The van der Waals surface area contributed by atoms with Crippen LogP contribution >= 0.6 is 0 Å². The Morgan fingerprint density at radius 2 is 2.06 bits per heavy atom. The third-order valence-electron chi connectivity index (χ3n) is 3.01. The van der Waals surface area contributed by atoms with E-state index in [1.54, 1.807) is 6.07 Å². The van der Waals surface area contributed by atoms with Crippen LogP contribution in [0.1, 0.15) is 30.9 Å². The zero-order valence-corrected chi connectivity index (χ0v) is 11.0. The SMILES string of the molecule is CCCCc1c(CC(O)CO)ccc(OC)c1O. The second kappa shape index (κ2) is 7.24. The van der Waals surface area contributed by atoms with Crippen molar-refractivity contribution in [2.45, 2.75) is 38.7 Å². The van der Waals surface area contributed by atoms with Crippen molar-refractivity contribution in [2.24, 2.45) is 0 Å². The van der Waals surface area contributed by atoms with E-state index in [2.05, 4.69) is 6.92 Å². The number of unbranched alkanes of at least 4 members (excludes halogenated alkanes) is 1. The first-order valence-corrected chi connectivity index (χ1v) is 6.30. The maximum absolute atomic E-state index is 10.1. The van der Waals surface area contributed by atoms with Gasteiger partial charge in [-0.3, -0.25) is 0 Å². The summed E-state index contributed by atoms with van der Waals surface area (Å²) in [4.78, 5) is 0. The van der Waals surface area contributed by atoms with Gasteiger partial charge in [0.2, 0.25) is 0 Å². The molecule has 0 saturated carbocycles. The van der Waals surface area contributed by atoms with Gasteiger partial charge in [-0.15, -0.1) is 0 Å². The topological polar surface area (TPSA) is 69.9 Å². The van der Waals surface area contributed by atoms with Gasteiger partial charge < -0.3 is 20.1 Å². The molecule has 1 aromatic carbocycles. The summed E-state index contributed by atoms with van der Waals surface area (Å²) in [7, 11) is 1.51. The molecule has 0 aliphatic carbocycles. The largest absolute Gasteiger partial charge is 0.504 e. The molecule has 18 heavy (non-hydrogen) atoms. The molecule has 102 valence electrons. The Hall–Kier alpha value is -1.26. The van der Waals surface area contributed by atoms with Crippen molar-refractivity contribution >= 4 is 0 Å². The van der Waals surface area contributed by atoms with Gasteiger partial charge in [0.15, 0.2) is 11.5 Å². The summed E-state index contributed by atoms with van der Waals surface area (Å²) < 4.78 is 5.09. The zero-order valence-electron chi connectivity index (χ0n) is 11.0. The van der Waals surface area contributed by atoms with Crippen LogP contribution in [0.25, 0.3) is 0 Å². The van der Waals surface area contributed by atoms with Crippen molar-refractivity contribution < 1.29 is 20.1 Å². The fourth-order valence-electron chi connectivity index (χ4n) is 1.96. The monoisotopic (exact) mass is 254 g/mol. The van der Waals surface area contributed by atoms with Gasteiger partial charge in [0.25, 0.3) is 0 Å². The molecule has 0 bridgehead atoms. The van der Waals surface area contributed by atoms with Crippen molar-refractivity contribution in [1.29, 1.82) is 0 Å². The van der Waals surface area contributed by atoms with Gasteiger partial charge in [0.1, 0.15) is 0 Å². The number of rotatable bonds is 7. The minimum absolute atomic E-state index is 0.147. The molecule has 1 rings (SSSR count). The molecule has 1 atom stereocenters. The molecule has 0 spiro atoms. The first kappa shape index (κ1) is 14.8. The van der Waals surface area contributed by atoms with Crippen LogP contribution in [0.4, 0.5) is 0 Å². The highest BCUT2D eigenvalue weighted by atomic mass is 16.5. The molecule has 0 amide bonds. The fraction of sp³-hybridized carbons (Fsp3) is 0.571. The van der Waals surface area contributed by atoms with E-state index in [0.29, 0.717) is 12.2 Å². The average Bonchev–Trinajstić information content (AvgIpc) is 2.38. The highest BCUT2D eigenvalue weighted by Gasteiger charge is 2.15. The van der Waals surface area contributed by atoms with Crippen LogP contribution in [0.5, 0.6) is 11.5 Å². The Morgan fingerprint density at radius 1 is 1.33 bits per heavy atom. The second-order valence-corrected chi connectivity index (χ2v) is 4.40. The van der Waals surface area contributed by atoms with Gasteiger partial charge in [0, 0.05) is 12.0 Å². The van der Waals surface area contributed by atoms with E-state index in [4.69, 9.17) is 9.84 Å². The summed E-state index contributed by atoms with van der Waals surface area (Å²) in [5.41, 5.74) is 1.67. The van der Waals surface area contributed by atoms with Crippen LogP contribution in [0.3, 0.4) is 0 Å². The maximum Gasteiger partial charge on any atom is 0.161 e. The van der Waals surface area contributed by atoms with Crippen LogP contribution in [0.2, 0.25) is 0 Å². The first-order chi connectivity index (χ1) is 8.63. The first-order valence-electron chi connectivity index (χ1n) is 6.30. The number of aliphatic hydroxyl groups excluding tert-OH is 2. The number of hydrogen-bond acceptors (Lipinski definition) is 4. The minimum atomic E-state index is -0.793. The van der Waals surface area contributed by atoms with Crippen LogP contribution in [-0.2, 0) is 12.8 Å². The molecule has 0 heterocycles. The Kier molecular flexibility index (Phi) is 5.95. The van der Waals surface area contributed by atoms with Crippen LogP contribution in [0, 0.1) is 0 Å². The highest BCUT2D eigenvalue weighted by molar-refractivity contribution is 5.50. The molecule has 0 fully saturated rings. The van der Waals surface area contributed by atoms with E-state index in [1.807, 2.05) is 6.07 Å². The summed E-state index contributed by atoms with van der Waals surface area (Å²) in [6, 6.07) is 3.52. The Bertz CT molecular complexity index is 376. The van der Waals surface area contributed by atoms with Gasteiger partial charge in [-0.05, 0) is 24.5 Å². The van der Waals surface area contributed by atoms with E-state index in [0.717, 1.165) is 30.4 Å². The Labute approximate surface area is 108 Å². The number of benzene rings is 1. The lowest BCUT2D eigenvalue weighted by Gasteiger charge is -2.16. The molecular weight excluding hydrogens is 232 g/mol. The lowest BCUT2D eigenvalue weighted by atomic mass is 9.96. The fourth-order valence-corrected chi connectivity index (χ4v) is 1.96. The summed E-state index contributed by atoms with van der Waals surface area (Å²) in [6.45, 7) is 1.81. The van der Waals surface area contributed by atoms with Gasteiger partial charge in [-0.1, -0.05) is 19.4 Å². The number of ether oxygens (including phenoxy) is 1. The van der Waals surface area contributed by atoms with Crippen molar-refractivity contribution in [3.05, 3.63) is 23.3 Å². The molecular formula is C14H22O4. The van der Waals surface area contributed by atoms with Crippen LogP contribution in [-0.4, -0.2) is 35.1 Å². The maximum atomic E-state index is 10.1. The number of aliphatic hydroxyl groups is 2. The van der Waals surface area contributed by atoms with Crippen LogP contribution in [0.15, 0.2) is 12.1 Å². The zero-order chi connectivity index (χ0) is 13.5. The van der Waals surface area contributed by atoms with E-state index in [1.165, 1.54) is 7.11 Å². The molecule has 0 aromatic heterocycles. The van der Waals surface area contributed by atoms with Gasteiger partial charge in [0.05, 0.1) is 19.8 Å². The van der Waals surface area contributed by atoms with Crippen LogP contribution < -0.4 is 4.74 Å². The van der Waals surface area contributed by atoms with Gasteiger partial charge in [-0.2, -0.15) is 0 Å². The van der Waals surface area contributed by atoms with Crippen molar-refractivity contribution in [1.82, 2.24) is 0 Å². The van der Waals surface area contributed by atoms with E-state index < -0.39 is 6.10 Å². The molecule has 0 aliphatic rings. The molecule has 4 nitrogen and oxygen atoms in total. The number of hydrogen-bond donors (Lipinski definition) is 3. The smallest absolute Gasteiger partial charge is 0.161 e. The molecule has 1 aromatic rings. The standard InChI is InChI=1S/C14H22O4/c1-3-4-5-12-10(8-11(16)9-15)6-7-13(18-2)14(12)17/h6-7,11,15-17H,3-5,8-9H2,1-2H3. The van der Waals surface area contributed by atoms with Gasteiger partial charge in [-0.25, -0.2) is 0 Å². The number of phenolic OH excluding ortho intramolecular Hbond substituents is 1. The van der Waals surface area contributed by atoms with E-state index >= 15 is 0 Å². The quantitative estimate of drug-likeness (QED) is 0.692. The molecule has 4 heteroatoms. The molecule has 1 unspecified atom stereocenters. The number of methoxy groups -OCH3 is 1. The Morgan fingerprint density at radius 3 is 2.61 bits per heavy atom. The van der Waals surface area contributed by atoms with Gasteiger partial charge >= 0.3 is 0 Å². The number of aromatic hydroxyl groups is 1. The minimum Gasteiger partial charge on any atom is -0.504 e. The molecule has 0 saturated heterocycles. The lowest BCUT2D eigenvalue weighted by molar-refractivity contribution is 0.0952. The van der Waals surface area contributed by atoms with E-state index in [-0.39, 0.29) is 12.4 Å². The predicted molar refractivity (Wildman–Crippen MR) is 70.1 cm³/mol. The summed E-state index contributed by atoms with van der Waals surface area (Å²) in [6.07, 6.45) is 2.28. The highest BCUT2D eigenvalue weighted by Crippen LogP contribution is 2.34. The van der Waals surface area contributed by atoms with Crippen molar-refractivity contribution in [2.75, 3.05) is 13.7 Å². The number of phenols is 1. The molecule has 0 aliphatic heterocycles. The van der Waals surface area contributed by atoms with Crippen molar-refractivity contribution in [3.8, 4) is 11.5 Å². The van der Waals surface area contributed by atoms with E-state index in [9.17, 15) is 10.2 Å². The second-order valence-electron chi connectivity index (χ2n) is 4.40. The summed E-state index contributed by atoms with van der Waals surface area (Å²) in [5.74, 6) is 0.594. The predicted octanol–water partition coefficient (Wildman–Crippen LogP) is 1.64. The Balaban J connectivity index is 3.03. The third kappa shape index (κ3) is 3.62. The normalized spacial score (nSPS) is 12.4. The summed E-state index contributed by atoms with van der Waals surface area (Å²) >= 11 is 0. The summed E-state index contributed by atoms with van der Waals surface area (Å²) in [5, 5.41) is 28.5. The lowest BCUT2D eigenvalue weighted by Crippen LogP contribution is -2.16. The average molecular weight is 254 g/mol. The third-order valence-corrected chi connectivity index (χ3v) is 3.01. The molecule has 0 radical (unpaired) electrons.